The van der Waals surface area contributed by atoms with E-state index in [1.807, 2.05) is 0 Å². The molecule has 2 aromatic heterocycles. The largest absolute Gasteiger partial charge is 0.290 e. The highest BCUT2D eigenvalue weighted by molar-refractivity contribution is 7.15. The van der Waals surface area contributed by atoms with Crippen LogP contribution in [0.4, 0.5) is 14.5 Å². The number of halogens is 3. The molecular weight excluding hydrogens is 436 g/mol. The zero-order valence-electron chi connectivity index (χ0n) is 14.9. The smallest absolute Gasteiger partial charge is 0.288 e. The fraction of sp³-hybridized carbons (Fsp3) is 0. The maximum Gasteiger partial charge on any atom is 0.288 e. The first-order chi connectivity index (χ1) is 14.3. The van der Waals surface area contributed by atoms with E-state index in [1.54, 1.807) is 22.0 Å². The molecular formula is C20H10ClF2N3O3S. The van der Waals surface area contributed by atoms with Gasteiger partial charge in [0.25, 0.3) is 5.69 Å². The molecule has 10 heteroatoms. The molecule has 0 spiro atoms. The van der Waals surface area contributed by atoms with Gasteiger partial charge in [0.1, 0.15) is 16.7 Å². The van der Waals surface area contributed by atoms with E-state index < -0.39 is 22.3 Å². The van der Waals surface area contributed by atoms with Gasteiger partial charge < -0.3 is 0 Å². The Hall–Kier alpha value is -3.43. The van der Waals surface area contributed by atoms with Crippen LogP contribution in [0.2, 0.25) is 5.02 Å². The Morgan fingerprint density at radius 2 is 1.93 bits per heavy atom. The van der Waals surface area contributed by atoms with E-state index in [1.165, 1.54) is 35.6 Å². The van der Waals surface area contributed by atoms with Crippen molar-refractivity contribution < 1.29 is 18.5 Å². The van der Waals surface area contributed by atoms with Gasteiger partial charge in [0, 0.05) is 34.8 Å². The van der Waals surface area contributed by atoms with Crippen molar-refractivity contribution in [3.8, 4) is 11.3 Å². The molecule has 0 atom stereocenters. The summed E-state index contributed by atoms with van der Waals surface area (Å²) < 4.78 is 28.5. The number of nitro benzene ring substituents is 1. The number of rotatable bonds is 5. The lowest BCUT2D eigenvalue weighted by atomic mass is 10.1. The first-order valence-corrected chi connectivity index (χ1v) is 9.67. The van der Waals surface area contributed by atoms with Crippen LogP contribution < -0.4 is 0 Å². The minimum Gasteiger partial charge on any atom is -0.290 e. The van der Waals surface area contributed by atoms with E-state index in [0.29, 0.717) is 28.0 Å². The van der Waals surface area contributed by atoms with Crippen LogP contribution in [0.3, 0.4) is 0 Å². The number of nitrogens with zero attached hydrogens (tertiary/aromatic N) is 3. The predicted molar refractivity (Wildman–Crippen MR) is 110 cm³/mol. The molecule has 0 aliphatic carbocycles. The van der Waals surface area contributed by atoms with Crippen LogP contribution in [0, 0.1) is 21.7 Å². The Labute approximate surface area is 176 Å². The highest BCUT2D eigenvalue weighted by atomic mass is 35.5. The first kappa shape index (κ1) is 19.9. The monoisotopic (exact) mass is 445 g/mol. The SMILES string of the molecule is O=C(C=Cc1c(-c2ccc(Cl)c([N+](=O)[O-])c2)nc2sccn12)c1cc(F)cc(F)c1. The number of allylic oxidation sites excluding steroid dienone is 1. The Balaban J connectivity index is 1.79. The van der Waals surface area contributed by atoms with Gasteiger partial charge >= 0.3 is 0 Å². The van der Waals surface area contributed by atoms with Gasteiger partial charge in [-0.1, -0.05) is 17.7 Å². The molecule has 2 aromatic carbocycles. The number of hydrogen-bond donors (Lipinski definition) is 0. The van der Waals surface area contributed by atoms with Crippen LogP contribution in [0.1, 0.15) is 16.1 Å². The maximum atomic E-state index is 13.4. The number of carbonyl (C=O) groups is 1. The number of ketones is 1. The maximum absolute atomic E-state index is 13.4. The summed E-state index contributed by atoms with van der Waals surface area (Å²) in [6, 6.07) is 6.85. The number of aromatic nitrogens is 2. The normalized spacial score (nSPS) is 11.4. The Morgan fingerprint density at radius 3 is 2.63 bits per heavy atom. The highest BCUT2D eigenvalue weighted by Crippen LogP contribution is 2.33. The molecule has 150 valence electrons. The van der Waals surface area contributed by atoms with Gasteiger partial charge in [-0.05, 0) is 30.4 Å². The standard InChI is InChI=1S/C20H10ClF2N3O3S/c21-15-2-1-11(9-17(15)26(28)29)19-16(25-5-6-30-20(25)24-19)3-4-18(27)12-7-13(22)10-14(23)8-12/h1-10H. The molecule has 0 fully saturated rings. The third-order valence-electron chi connectivity index (χ3n) is 4.25. The quantitative estimate of drug-likeness (QED) is 0.168. The summed E-state index contributed by atoms with van der Waals surface area (Å²) >= 11 is 7.23. The lowest BCUT2D eigenvalue weighted by Crippen LogP contribution is -1.97. The fourth-order valence-electron chi connectivity index (χ4n) is 2.92. The Kier molecular flexibility index (Phi) is 5.15. The third-order valence-corrected chi connectivity index (χ3v) is 5.33. The van der Waals surface area contributed by atoms with Gasteiger partial charge in [0.2, 0.25) is 0 Å². The van der Waals surface area contributed by atoms with Crippen LogP contribution in [-0.2, 0) is 0 Å². The lowest BCUT2D eigenvalue weighted by molar-refractivity contribution is -0.384. The summed E-state index contributed by atoms with van der Waals surface area (Å²) in [7, 11) is 0. The molecule has 2 heterocycles. The van der Waals surface area contributed by atoms with Gasteiger partial charge in [-0.2, -0.15) is 0 Å². The Morgan fingerprint density at radius 1 is 1.20 bits per heavy atom. The molecule has 0 N–H and O–H groups in total. The molecule has 0 radical (unpaired) electrons. The molecule has 0 aliphatic rings. The summed E-state index contributed by atoms with van der Waals surface area (Å²) in [5, 5.41) is 13.0. The van der Waals surface area contributed by atoms with Crippen LogP contribution in [0.15, 0.2) is 54.1 Å². The third kappa shape index (κ3) is 3.72. The van der Waals surface area contributed by atoms with Crippen LogP contribution in [-0.4, -0.2) is 20.1 Å². The topological polar surface area (TPSA) is 77.5 Å². The number of imidazole rings is 1. The van der Waals surface area contributed by atoms with Crippen LogP contribution in [0.25, 0.3) is 22.3 Å². The summed E-state index contributed by atoms with van der Waals surface area (Å²) in [6.07, 6.45) is 4.35. The van der Waals surface area contributed by atoms with Crippen molar-refractivity contribution in [3.63, 3.8) is 0 Å². The van der Waals surface area contributed by atoms with Gasteiger partial charge in [-0.15, -0.1) is 11.3 Å². The molecule has 30 heavy (non-hydrogen) atoms. The van der Waals surface area contributed by atoms with Gasteiger partial charge in [-0.3, -0.25) is 19.3 Å². The van der Waals surface area contributed by atoms with Crippen molar-refractivity contribution in [1.82, 2.24) is 9.38 Å². The minimum atomic E-state index is -0.856. The molecule has 0 aliphatic heterocycles. The molecule has 6 nitrogen and oxygen atoms in total. The molecule has 0 saturated carbocycles. The molecule has 0 saturated heterocycles. The fourth-order valence-corrected chi connectivity index (χ4v) is 3.83. The van der Waals surface area contributed by atoms with Crippen molar-refractivity contribution in [2.45, 2.75) is 0 Å². The second kappa shape index (κ2) is 7.77. The number of benzene rings is 2. The zero-order chi connectivity index (χ0) is 21.4. The second-order valence-electron chi connectivity index (χ2n) is 6.18. The van der Waals surface area contributed by atoms with E-state index in [2.05, 4.69) is 4.98 Å². The van der Waals surface area contributed by atoms with Crippen LogP contribution >= 0.6 is 22.9 Å². The van der Waals surface area contributed by atoms with E-state index in [-0.39, 0.29) is 16.3 Å². The average molecular weight is 446 g/mol. The second-order valence-corrected chi connectivity index (χ2v) is 7.46. The number of thiazole rings is 1. The molecule has 0 amide bonds. The molecule has 0 unspecified atom stereocenters. The number of nitro groups is 1. The van der Waals surface area contributed by atoms with Crippen molar-refractivity contribution in [2.75, 3.05) is 0 Å². The zero-order valence-corrected chi connectivity index (χ0v) is 16.5. The van der Waals surface area contributed by atoms with Crippen molar-refractivity contribution in [2.24, 2.45) is 0 Å². The minimum absolute atomic E-state index is 0.00910. The van der Waals surface area contributed by atoms with Gasteiger partial charge in [0.15, 0.2) is 10.7 Å². The van der Waals surface area contributed by atoms with Crippen molar-refractivity contribution in [3.05, 3.63) is 92.1 Å². The lowest BCUT2D eigenvalue weighted by Gasteiger charge is -2.02. The van der Waals surface area contributed by atoms with E-state index in [9.17, 15) is 23.7 Å². The summed E-state index contributed by atoms with van der Waals surface area (Å²) in [4.78, 5) is 28.1. The van der Waals surface area contributed by atoms with E-state index >= 15 is 0 Å². The van der Waals surface area contributed by atoms with E-state index in [0.717, 1.165) is 12.1 Å². The number of fused-ring (bicyclic) bond motifs is 1. The van der Waals surface area contributed by atoms with E-state index in [4.69, 9.17) is 11.6 Å². The predicted octanol–water partition coefficient (Wildman–Crippen LogP) is 5.80. The summed E-state index contributed by atoms with van der Waals surface area (Å²) in [5.74, 6) is -2.32. The average Bonchev–Trinajstić information content (AvgIpc) is 3.27. The van der Waals surface area contributed by atoms with Crippen LogP contribution in [0.5, 0.6) is 0 Å². The Bertz CT molecular complexity index is 1330. The number of hydrogen-bond acceptors (Lipinski definition) is 5. The molecule has 4 aromatic rings. The van der Waals surface area contributed by atoms with Gasteiger partial charge in [-0.25, -0.2) is 13.8 Å². The van der Waals surface area contributed by atoms with Gasteiger partial charge in [0.05, 0.1) is 16.3 Å². The first-order valence-electron chi connectivity index (χ1n) is 8.42. The van der Waals surface area contributed by atoms with Crippen molar-refractivity contribution in [1.29, 1.82) is 0 Å². The highest BCUT2D eigenvalue weighted by Gasteiger charge is 2.19. The summed E-state index contributed by atoms with van der Waals surface area (Å²) in [5.41, 5.74) is 0.903. The molecule has 0 bridgehead atoms. The molecule has 4 rings (SSSR count). The summed E-state index contributed by atoms with van der Waals surface area (Å²) in [6.45, 7) is 0. The van der Waals surface area contributed by atoms with Crippen molar-refractivity contribution >= 4 is 45.4 Å². The number of carbonyl (C=O) groups excluding carboxylic acids is 1.